The van der Waals surface area contributed by atoms with Gasteiger partial charge in [0.2, 0.25) is 0 Å². The van der Waals surface area contributed by atoms with Crippen LogP contribution in [-0.2, 0) is 4.74 Å². The molecule has 0 aliphatic carbocycles. The summed E-state index contributed by atoms with van der Waals surface area (Å²) >= 11 is 0. The van der Waals surface area contributed by atoms with Gasteiger partial charge in [-0.25, -0.2) is 0 Å². The van der Waals surface area contributed by atoms with E-state index in [0.29, 0.717) is 12.1 Å². The lowest BCUT2D eigenvalue weighted by Gasteiger charge is -2.18. The van der Waals surface area contributed by atoms with Crippen LogP contribution in [-0.4, -0.2) is 37.7 Å². The van der Waals surface area contributed by atoms with E-state index in [4.69, 9.17) is 4.74 Å². The van der Waals surface area contributed by atoms with Gasteiger partial charge in [-0.15, -0.1) is 0 Å². The average molecular weight is 129 g/mol. The Kier molecular flexibility index (Phi) is 2.09. The van der Waals surface area contributed by atoms with Gasteiger partial charge in [-0.05, 0) is 20.4 Å². The lowest BCUT2D eigenvalue weighted by molar-refractivity contribution is 0.0788. The van der Waals surface area contributed by atoms with Gasteiger partial charge in [-0.1, -0.05) is 0 Å². The number of likely N-dealkylation sites (tertiary alicyclic amines) is 1. The van der Waals surface area contributed by atoms with Crippen LogP contribution in [0, 0.1) is 0 Å². The SMILES string of the molecule is CO[C@@H]1CCN(C)C1C. The van der Waals surface area contributed by atoms with Crippen LogP contribution in [0.15, 0.2) is 0 Å². The van der Waals surface area contributed by atoms with E-state index in [1.807, 2.05) is 0 Å². The van der Waals surface area contributed by atoms with Gasteiger partial charge in [0.15, 0.2) is 0 Å². The molecule has 1 fully saturated rings. The van der Waals surface area contributed by atoms with Gasteiger partial charge in [-0.2, -0.15) is 0 Å². The maximum Gasteiger partial charge on any atom is 0.0735 e. The molecule has 1 saturated heterocycles. The molecule has 2 heteroatoms. The van der Waals surface area contributed by atoms with Crippen LogP contribution >= 0.6 is 0 Å². The number of rotatable bonds is 1. The third-order valence-corrected chi connectivity index (χ3v) is 2.30. The standard InChI is InChI=1S/C7H15NO/c1-6-7(9-3)4-5-8(6)2/h6-7H,4-5H2,1-3H3/t6?,7-/m1/s1. The second kappa shape index (κ2) is 2.67. The Balaban J connectivity index is 2.41. The molecule has 0 aromatic heterocycles. The molecule has 1 heterocycles. The molecule has 2 nitrogen and oxygen atoms in total. The van der Waals surface area contributed by atoms with E-state index in [9.17, 15) is 0 Å². The van der Waals surface area contributed by atoms with Gasteiger partial charge >= 0.3 is 0 Å². The predicted molar refractivity (Wildman–Crippen MR) is 37.5 cm³/mol. The van der Waals surface area contributed by atoms with Crippen LogP contribution in [0.5, 0.6) is 0 Å². The van der Waals surface area contributed by atoms with Crippen molar-refractivity contribution < 1.29 is 4.74 Å². The minimum Gasteiger partial charge on any atom is -0.380 e. The highest BCUT2D eigenvalue weighted by Gasteiger charge is 2.27. The zero-order valence-electron chi connectivity index (χ0n) is 6.42. The Morgan fingerprint density at radius 1 is 1.56 bits per heavy atom. The molecule has 2 atom stereocenters. The third kappa shape index (κ3) is 1.25. The van der Waals surface area contributed by atoms with Crippen LogP contribution in [0.4, 0.5) is 0 Å². The number of nitrogens with zero attached hydrogens (tertiary/aromatic N) is 1. The molecular formula is C7H15NO. The van der Waals surface area contributed by atoms with Gasteiger partial charge in [-0.3, -0.25) is 0 Å². The van der Waals surface area contributed by atoms with Crippen LogP contribution in [0.3, 0.4) is 0 Å². The quantitative estimate of drug-likeness (QED) is 0.517. The molecule has 0 amide bonds. The van der Waals surface area contributed by atoms with E-state index in [1.165, 1.54) is 13.0 Å². The Morgan fingerprint density at radius 3 is 2.44 bits per heavy atom. The summed E-state index contributed by atoms with van der Waals surface area (Å²) in [6.45, 7) is 3.39. The maximum atomic E-state index is 5.25. The van der Waals surface area contributed by atoms with Crippen molar-refractivity contribution in [1.82, 2.24) is 4.90 Å². The van der Waals surface area contributed by atoms with Crippen molar-refractivity contribution in [2.24, 2.45) is 0 Å². The highest BCUT2D eigenvalue weighted by Crippen LogP contribution is 2.17. The number of likely N-dealkylation sites (N-methyl/N-ethyl adjacent to an activating group) is 1. The Labute approximate surface area is 56.8 Å². The van der Waals surface area contributed by atoms with Gasteiger partial charge in [0, 0.05) is 19.7 Å². The van der Waals surface area contributed by atoms with Crippen LogP contribution in [0.25, 0.3) is 0 Å². The van der Waals surface area contributed by atoms with E-state index in [1.54, 1.807) is 7.11 Å². The number of ether oxygens (including phenoxy) is 1. The zero-order chi connectivity index (χ0) is 6.85. The molecule has 0 spiro atoms. The third-order valence-electron chi connectivity index (χ3n) is 2.30. The molecule has 9 heavy (non-hydrogen) atoms. The van der Waals surface area contributed by atoms with Crippen molar-refractivity contribution in [2.45, 2.75) is 25.5 Å². The molecule has 0 N–H and O–H groups in total. The summed E-state index contributed by atoms with van der Waals surface area (Å²) in [5.41, 5.74) is 0. The largest absolute Gasteiger partial charge is 0.380 e. The summed E-state index contributed by atoms with van der Waals surface area (Å²) in [6.07, 6.45) is 1.66. The maximum absolute atomic E-state index is 5.25. The highest BCUT2D eigenvalue weighted by atomic mass is 16.5. The molecule has 54 valence electrons. The first-order valence-corrected chi connectivity index (χ1v) is 3.48. The zero-order valence-corrected chi connectivity index (χ0v) is 6.42. The van der Waals surface area contributed by atoms with E-state index >= 15 is 0 Å². The van der Waals surface area contributed by atoms with E-state index in [-0.39, 0.29) is 0 Å². The monoisotopic (exact) mass is 129 g/mol. The topological polar surface area (TPSA) is 12.5 Å². The fourth-order valence-corrected chi connectivity index (χ4v) is 1.37. The van der Waals surface area contributed by atoms with Crippen molar-refractivity contribution in [2.75, 3.05) is 20.7 Å². The molecule has 1 aliphatic heterocycles. The fourth-order valence-electron chi connectivity index (χ4n) is 1.37. The van der Waals surface area contributed by atoms with E-state index in [0.717, 1.165) is 0 Å². The summed E-state index contributed by atoms with van der Waals surface area (Å²) in [4.78, 5) is 2.33. The molecule has 0 aromatic rings. The summed E-state index contributed by atoms with van der Waals surface area (Å²) in [7, 11) is 3.93. The Morgan fingerprint density at radius 2 is 2.22 bits per heavy atom. The molecule has 0 radical (unpaired) electrons. The number of hydrogen-bond donors (Lipinski definition) is 0. The van der Waals surface area contributed by atoms with Crippen molar-refractivity contribution in [1.29, 1.82) is 0 Å². The van der Waals surface area contributed by atoms with E-state index in [2.05, 4.69) is 18.9 Å². The fraction of sp³-hybridized carbons (Fsp3) is 1.00. The second-order valence-corrected chi connectivity index (χ2v) is 2.78. The summed E-state index contributed by atoms with van der Waals surface area (Å²) in [5, 5.41) is 0. The van der Waals surface area contributed by atoms with Crippen LogP contribution in [0.2, 0.25) is 0 Å². The molecule has 0 saturated carbocycles. The van der Waals surface area contributed by atoms with Gasteiger partial charge in [0.05, 0.1) is 6.10 Å². The Bertz CT molecular complexity index is 94.9. The first kappa shape index (κ1) is 7.03. The van der Waals surface area contributed by atoms with Crippen molar-refractivity contribution in [3.8, 4) is 0 Å². The second-order valence-electron chi connectivity index (χ2n) is 2.78. The molecule has 1 unspecified atom stereocenters. The van der Waals surface area contributed by atoms with Gasteiger partial charge < -0.3 is 9.64 Å². The van der Waals surface area contributed by atoms with Gasteiger partial charge in [0.25, 0.3) is 0 Å². The van der Waals surface area contributed by atoms with Gasteiger partial charge in [0.1, 0.15) is 0 Å². The Hall–Kier alpha value is -0.0800. The first-order chi connectivity index (χ1) is 4.25. The molecule has 0 bridgehead atoms. The summed E-state index contributed by atoms with van der Waals surface area (Å²) in [5.74, 6) is 0. The van der Waals surface area contributed by atoms with Crippen molar-refractivity contribution in [3.05, 3.63) is 0 Å². The minimum atomic E-state index is 0.468. The lowest BCUT2D eigenvalue weighted by atomic mass is 10.2. The first-order valence-electron chi connectivity index (χ1n) is 3.48. The minimum absolute atomic E-state index is 0.468. The molecular weight excluding hydrogens is 114 g/mol. The number of hydrogen-bond acceptors (Lipinski definition) is 2. The average Bonchev–Trinajstić information content (AvgIpc) is 2.15. The lowest BCUT2D eigenvalue weighted by Crippen LogP contribution is -2.29. The summed E-state index contributed by atoms with van der Waals surface area (Å²) < 4.78 is 5.25. The van der Waals surface area contributed by atoms with Crippen molar-refractivity contribution in [3.63, 3.8) is 0 Å². The van der Waals surface area contributed by atoms with E-state index < -0.39 is 0 Å². The summed E-state index contributed by atoms with van der Waals surface area (Å²) in [6, 6.07) is 0.606. The number of methoxy groups -OCH3 is 1. The molecule has 1 rings (SSSR count). The molecule has 1 aliphatic rings. The van der Waals surface area contributed by atoms with Crippen molar-refractivity contribution >= 4 is 0 Å². The normalized spacial score (nSPS) is 37.7. The van der Waals surface area contributed by atoms with Crippen LogP contribution in [0.1, 0.15) is 13.3 Å². The van der Waals surface area contributed by atoms with Crippen LogP contribution < -0.4 is 0 Å². The predicted octanol–water partition coefficient (Wildman–Crippen LogP) is 0.725. The molecule has 0 aromatic carbocycles. The smallest absolute Gasteiger partial charge is 0.0735 e. The highest BCUT2D eigenvalue weighted by molar-refractivity contribution is 4.81.